The van der Waals surface area contributed by atoms with Crippen LogP contribution < -0.4 is 15.1 Å². The van der Waals surface area contributed by atoms with Crippen LogP contribution in [-0.2, 0) is 15.8 Å². The number of pyridine rings is 1. The van der Waals surface area contributed by atoms with Crippen molar-refractivity contribution in [3.63, 3.8) is 0 Å². The number of benzene rings is 1. The van der Waals surface area contributed by atoms with Crippen LogP contribution in [0.1, 0.15) is 23.2 Å². The zero-order chi connectivity index (χ0) is 34.5. The maximum atomic E-state index is 14.5. The molecular weight excluding hydrogens is 620 g/mol. The van der Waals surface area contributed by atoms with Gasteiger partial charge in [-0.1, -0.05) is 6.08 Å². The number of halogens is 4. The van der Waals surface area contributed by atoms with E-state index in [9.17, 15) is 37.5 Å². The molecule has 0 radical (unpaired) electrons. The number of anilines is 3. The van der Waals surface area contributed by atoms with E-state index in [1.54, 1.807) is 21.9 Å². The number of aliphatic hydroxyl groups excluding tert-OH is 1. The first-order valence-corrected chi connectivity index (χ1v) is 15.3. The highest BCUT2D eigenvalue weighted by molar-refractivity contribution is 6.01. The third-order valence-electron chi connectivity index (χ3n) is 8.15. The Hall–Kier alpha value is -4.26. The minimum Gasteiger partial charge on any atom is -0.390 e. The smallest absolute Gasteiger partial charge is 0.390 e. The van der Waals surface area contributed by atoms with Crippen molar-refractivity contribution in [1.82, 2.24) is 19.7 Å². The Labute approximate surface area is 271 Å². The van der Waals surface area contributed by atoms with Crippen molar-refractivity contribution in [3.8, 4) is 6.07 Å². The molecule has 1 fully saturated rings. The summed E-state index contributed by atoms with van der Waals surface area (Å²) in [5, 5.41) is 23.5. The Kier molecular flexibility index (Phi) is 11.4. The number of fused-ring (bicyclic) bond motifs is 1. The zero-order valence-corrected chi connectivity index (χ0v) is 26.9. The number of carbonyl (C=O) groups is 2. The van der Waals surface area contributed by atoms with Crippen molar-refractivity contribution in [2.45, 2.75) is 31.7 Å². The minimum atomic E-state index is -4.81. The Morgan fingerprint density at radius 2 is 1.87 bits per heavy atom. The van der Waals surface area contributed by atoms with Gasteiger partial charge in [0.2, 0.25) is 11.8 Å². The maximum absolute atomic E-state index is 14.5. The van der Waals surface area contributed by atoms with Gasteiger partial charge in [-0.15, -0.1) is 0 Å². The molecule has 2 N–H and O–H groups in total. The van der Waals surface area contributed by atoms with E-state index in [1.165, 1.54) is 37.1 Å². The molecule has 3 heterocycles. The van der Waals surface area contributed by atoms with E-state index in [0.29, 0.717) is 44.1 Å². The van der Waals surface area contributed by atoms with Crippen LogP contribution in [0.3, 0.4) is 0 Å². The first kappa shape index (κ1) is 35.6. The number of amides is 2. The highest BCUT2D eigenvalue weighted by atomic mass is 19.4. The van der Waals surface area contributed by atoms with Crippen molar-refractivity contribution in [1.29, 1.82) is 5.26 Å². The fraction of sp³-hybridized carbons (Fsp3) is 0.500. The number of aliphatic hydroxyl groups is 1. The highest BCUT2D eigenvalue weighted by Crippen LogP contribution is 2.36. The zero-order valence-electron chi connectivity index (χ0n) is 26.9. The number of nitriles is 1. The van der Waals surface area contributed by atoms with Gasteiger partial charge in [-0.25, -0.2) is 9.37 Å². The number of aromatic nitrogens is 1. The number of hydrogen-bond acceptors (Lipinski definition) is 9. The number of carbonyl (C=O) groups excluding carboxylic acids is 2. The number of hydrogen-bond donors (Lipinski definition) is 2. The van der Waals surface area contributed by atoms with Crippen LogP contribution in [0.25, 0.3) is 0 Å². The molecule has 0 bridgehead atoms. The van der Waals surface area contributed by atoms with Crippen LogP contribution in [0, 0.1) is 24.1 Å². The number of nitrogens with zero attached hydrogens (tertiary/aromatic N) is 7. The van der Waals surface area contributed by atoms with Gasteiger partial charge in [0.15, 0.2) is 0 Å². The van der Waals surface area contributed by atoms with E-state index < -0.39 is 41.2 Å². The van der Waals surface area contributed by atoms with Gasteiger partial charge in [0.25, 0.3) is 0 Å². The van der Waals surface area contributed by atoms with Gasteiger partial charge in [-0.05, 0) is 51.7 Å². The lowest BCUT2D eigenvalue weighted by molar-refractivity contribution is -0.137. The van der Waals surface area contributed by atoms with Crippen LogP contribution in [0.4, 0.5) is 34.8 Å². The molecule has 0 saturated carbocycles. The van der Waals surface area contributed by atoms with Crippen molar-refractivity contribution in [2.24, 2.45) is 0 Å². The van der Waals surface area contributed by atoms with Crippen molar-refractivity contribution in [2.75, 3.05) is 88.6 Å². The lowest BCUT2D eigenvalue weighted by Crippen LogP contribution is -2.52. The molecule has 2 aliphatic heterocycles. The third kappa shape index (κ3) is 8.97. The molecule has 15 heteroatoms. The molecule has 2 atom stereocenters. The van der Waals surface area contributed by atoms with E-state index in [4.69, 9.17) is 0 Å². The fourth-order valence-electron chi connectivity index (χ4n) is 5.75. The quantitative estimate of drug-likeness (QED) is 0.309. The van der Waals surface area contributed by atoms with E-state index in [2.05, 4.69) is 10.3 Å². The summed E-state index contributed by atoms with van der Waals surface area (Å²) in [5.74, 6) is -1.47. The topological polar surface area (TPSA) is 119 Å². The number of rotatable bonds is 9. The molecule has 11 nitrogen and oxygen atoms in total. The van der Waals surface area contributed by atoms with Crippen molar-refractivity contribution < 1.29 is 32.3 Å². The lowest BCUT2D eigenvalue weighted by Gasteiger charge is -2.38. The number of β-amino-alcohol motifs (C(OH)–C–C–N with tert-alkyl or cyclic N) is 1. The summed E-state index contributed by atoms with van der Waals surface area (Å²) >= 11 is 0. The van der Waals surface area contributed by atoms with Gasteiger partial charge >= 0.3 is 6.18 Å². The van der Waals surface area contributed by atoms with Gasteiger partial charge < -0.3 is 30.0 Å². The first-order chi connectivity index (χ1) is 22.2. The van der Waals surface area contributed by atoms with E-state index >= 15 is 0 Å². The molecular formula is C32H40F4N8O3. The van der Waals surface area contributed by atoms with Crippen molar-refractivity contribution >= 4 is 29.0 Å². The van der Waals surface area contributed by atoms with E-state index in [-0.39, 0.29) is 43.5 Å². The van der Waals surface area contributed by atoms with E-state index in [1.807, 2.05) is 30.0 Å². The molecule has 0 spiro atoms. The Balaban J connectivity index is 1.49. The number of likely N-dealkylation sites (N-methyl/N-ethyl adjacent to an activating group) is 2. The average Bonchev–Trinajstić information content (AvgIpc) is 3.00. The monoisotopic (exact) mass is 660 g/mol. The summed E-state index contributed by atoms with van der Waals surface area (Å²) < 4.78 is 55.7. The highest BCUT2D eigenvalue weighted by Gasteiger charge is 2.37. The second kappa shape index (κ2) is 15.1. The van der Waals surface area contributed by atoms with Gasteiger partial charge in [0.1, 0.15) is 29.3 Å². The third-order valence-corrected chi connectivity index (χ3v) is 8.15. The summed E-state index contributed by atoms with van der Waals surface area (Å²) in [4.78, 5) is 39.0. The standard InChI is InChI=1S/C32H40F4N8O3/c1-21-16-25(32(34,35)36)24(18-37)30(38-21)39-26-9-11-44(28-17-22(33)7-8-27(28)41(4)31(26)47)20-23(45)19-42-12-14-43(15-13-42)29(46)6-5-10-40(2)3/h5-8,16-17,23,26,45H,9-15,19-20H2,1-4H3,(H,38,39)/b6-5+/t23-,26-/m0/s1. The molecule has 4 rings (SSSR count). The first-order valence-electron chi connectivity index (χ1n) is 15.3. The van der Waals surface area contributed by atoms with Gasteiger partial charge in [0.05, 0.1) is 23.0 Å². The number of aryl methyl sites for hydroxylation is 1. The predicted octanol–water partition coefficient (Wildman–Crippen LogP) is 2.70. The largest absolute Gasteiger partial charge is 0.417 e. The Morgan fingerprint density at radius 3 is 2.51 bits per heavy atom. The second-order valence-electron chi connectivity index (χ2n) is 12.1. The summed E-state index contributed by atoms with van der Waals surface area (Å²) in [6.07, 6.45) is -2.27. The van der Waals surface area contributed by atoms with Crippen LogP contribution in [-0.4, -0.2) is 122 Å². The summed E-state index contributed by atoms with van der Waals surface area (Å²) in [7, 11) is 5.30. The molecule has 47 heavy (non-hydrogen) atoms. The Bertz CT molecular complexity index is 1520. The second-order valence-corrected chi connectivity index (χ2v) is 12.1. The molecule has 2 amide bonds. The lowest BCUT2D eigenvalue weighted by atomic mass is 10.0. The summed E-state index contributed by atoms with van der Waals surface area (Å²) in [6.45, 7) is 4.64. The van der Waals surface area contributed by atoms with Gasteiger partial charge in [-0.3, -0.25) is 14.5 Å². The normalized spacial score (nSPS) is 18.6. The van der Waals surface area contributed by atoms with Crippen LogP contribution in [0.2, 0.25) is 0 Å². The van der Waals surface area contributed by atoms with Gasteiger partial charge in [0, 0.05) is 71.2 Å². The predicted molar refractivity (Wildman–Crippen MR) is 169 cm³/mol. The summed E-state index contributed by atoms with van der Waals surface area (Å²) in [6, 6.07) is 5.18. The number of alkyl halides is 3. The fourth-order valence-corrected chi connectivity index (χ4v) is 5.75. The molecule has 254 valence electrons. The van der Waals surface area contributed by atoms with Gasteiger partial charge in [-0.2, -0.15) is 18.4 Å². The SMILES string of the molecule is Cc1cc(C(F)(F)F)c(C#N)c(N[C@H]2CCN(C[C@@H](O)CN3CCN(C(=O)/C=C/CN(C)C)CC3)c3cc(F)ccc3N(C)C2=O)n1. The van der Waals surface area contributed by atoms with Crippen molar-refractivity contribution in [3.05, 3.63) is 59.1 Å². The minimum absolute atomic E-state index is 0.0158. The van der Waals surface area contributed by atoms with E-state index in [0.717, 1.165) is 6.07 Å². The van der Waals surface area contributed by atoms with Crippen LogP contribution >= 0.6 is 0 Å². The summed E-state index contributed by atoms with van der Waals surface area (Å²) in [5.41, 5.74) is -1.13. The number of nitrogens with one attached hydrogen (secondary N) is 1. The number of piperazine rings is 1. The Morgan fingerprint density at radius 1 is 1.17 bits per heavy atom. The molecule has 2 aromatic rings. The van der Waals surface area contributed by atoms with Crippen LogP contribution in [0.15, 0.2) is 36.4 Å². The molecule has 2 aliphatic rings. The molecule has 0 unspecified atom stereocenters. The molecule has 1 saturated heterocycles. The maximum Gasteiger partial charge on any atom is 0.417 e. The average molecular weight is 661 g/mol. The molecule has 1 aromatic heterocycles. The van der Waals surface area contributed by atoms with Crippen LogP contribution in [0.5, 0.6) is 0 Å². The molecule has 1 aromatic carbocycles. The molecule has 0 aliphatic carbocycles.